The van der Waals surface area contributed by atoms with E-state index in [1.54, 1.807) is 30.3 Å². The predicted molar refractivity (Wildman–Crippen MR) is 111 cm³/mol. The number of alkyl halides is 3. The minimum Gasteiger partial charge on any atom is -0.340 e. The lowest BCUT2D eigenvalue weighted by molar-refractivity contribution is -0.144. The van der Waals surface area contributed by atoms with Gasteiger partial charge in [-0.1, -0.05) is 59.6 Å². The smallest absolute Gasteiger partial charge is 0.340 e. The van der Waals surface area contributed by atoms with E-state index in [0.29, 0.717) is 11.1 Å². The van der Waals surface area contributed by atoms with Crippen molar-refractivity contribution in [3.63, 3.8) is 0 Å². The van der Waals surface area contributed by atoms with Crippen molar-refractivity contribution in [3.05, 3.63) is 93.5 Å². The maximum Gasteiger partial charge on any atom is 0.449 e. The summed E-state index contributed by atoms with van der Waals surface area (Å²) in [4.78, 5) is 22.7. The summed E-state index contributed by atoms with van der Waals surface area (Å²) in [5.41, 5.74) is 1.55. The summed E-state index contributed by atoms with van der Waals surface area (Å²) in [5, 5.41) is 3.05. The molecule has 4 rings (SSSR count). The van der Waals surface area contributed by atoms with Crippen LogP contribution < -0.4 is 5.32 Å². The maximum absolute atomic E-state index is 13.0. The van der Waals surface area contributed by atoms with Gasteiger partial charge in [-0.2, -0.15) is 13.2 Å². The van der Waals surface area contributed by atoms with E-state index in [4.69, 9.17) is 23.2 Å². The third-order valence-electron chi connectivity index (χ3n) is 4.54. The summed E-state index contributed by atoms with van der Waals surface area (Å²) >= 11 is 12.0. The van der Waals surface area contributed by atoms with Crippen LogP contribution in [-0.2, 0) is 6.18 Å². The van der Waals surface area contributed by atoms with Crippen molar-refractivity contribution in [1.29, 1.82) is 0 Å². The van der Waals surface area contributed by atoms with Gasteiger partial charge in [-0.05, 0) is 35.4 Å². The van der Waals surface area contributed by atoms with Crippen LogP contribution in [0.25, 0.3) is 11.0 Å². The number of rotatable bonds is 4. The van der Waals surface area contributed by atoms with Crippen LogP contribution in [-0.4, -0.2) is 20.9 Å². The lowest BCUT2D eigenvalue weighted by Crippen LogP contribution is -2.30. The van der Waals surface area contributed by atoms with E-state index in [1.165, 1.54) is 24.3 Å². The molecule has 2 aromatic carbocycles. The average Bonchev–Trinajstić information content (AvgIpc) is 3.18. The molecule has 5 nitrogen and oxygen atoms in total. The fourth-order valence-electron chi connectivity index (χ4n) is 3.12. The largest absolute Gasteiger partial charge is 0.449 e. The number of benzene rings is 2. The van der Waals surface area contributed by atoms with Crippen LogP contribution in [0, 0.1) is 0 Å². The summed E-state index contributed by atoms with van der Waals surface area (Å²) in [6, 6.07) is 15.8. The van der Waals surface area contributed by atoms with Gasteiger partial charge in [0, 0.05) is 0 Å². The van der Waals surface area contributed by atoms with Crippen molar-refractivity contribution in [2.24, 2.45) is 0 Å². The normalized spacial score (nSPS) is 12.7. The van der Waals surface area contributed by atoms with E-state index in [-0.39, 0.29) is 26.9 Å². The number of nitrogens with one attached hydrogen (secondary N) is 2. The van der Waals surface area contributed by atoms with Gasteiger partial charge in [0.25, 0.3) is 5.91 Å². The van der Waals surface area contributed by atoms with Crippen molar-refractivity contribution in [2.75, 3.05) is 0 Å². The Bertz CT molecular complexity index is 1260. The summed E-state index contributed by atoms with van der Waals surface area (Å²) in [7, 11) is 0. The highest BCUT2D eigenvalue weighted by molar-refractivity contribution is 6.34. The van der Waals surface area contributed by atoms with E-state index < -0.39 is 23.9 Å². The van der Waals surface area contributed by atoms with Gasteiger partial charge in [0.1, 0.15) is 10.8 Å². The highest BCUT2D eigenvalue weighted by Gasteiger charge is 2.34. The standard InChI is InChI=1S/C21H13Cl2F3N4O/c22-13-7-9-16(23)29-18(13)19(31)30-17(11-4-2-1-3-5-11)12-6-8-14-15(10-12)28-20(27-14)21(24,25)26/h1-10,17H,(H,27,28)(H,30,31). The lowest BCUT2D eigenvalue weighted by Gasteiger charge is -2.20. The molecule has 2 N–H and O–H groups in total. The van der Waals surface area contributed by atoms with E-state index in [0.717, 1.165) is 0 Å². The second kappa shape index (κ2) is 8.20. The molecule has 0 aliphatic carbocycles. The number of H-pyrrole nitrogens is 1. The monoisotopic (exact) mass is 464 g/mol. The van der Waals surface area contributed by atoms with Crippen LogP contribution in [0.2, 0.25) is 10.2 Å². The molecular weight excluding hydrogens is 452 g/mol. The lowest BCUT2D eigenvalue weighted by atomic mass is 9.98. The van der Waals surface area contributed by atoms with Gasteiger partial charge in [0.15, 0.2) is 0 Å². The van der Waals surface area contributed by atoms with Gasteiger partial charge < -0.3 is 10.3 Å². The third-order valence-corrected chi connectivity index (χ3v) is 5.06. The molecule has 1 unspecified atom stereocenters. The first-order valence-corrected chi connectivity index (χ1v) is 9.72. The van der Waals surface area contributed by atoms with E-state index in [1.807, 2.05) is 6.07 Å². The Balaban J connectivity index is 1.75. The van der Waals surface area contributed by atoms with E-state index in [2.05, 4.69) is 20.3 Å². The van der Waals surface area contributed by atoms with Crippen molar-refractivity contribution >= 4 is 40.1 Å². The Hall–Kier alpha value is -3.10. The van der Waals surface area contributed by atoms with Gasteiger partial charge in [0.05, 0.1) is 22.1 Å². The van der Waals surface area contributed by atoms with Gasteiger partial charge >= 0.3 is 6.18 Å². The number of hydrogen-bond acceptors (Lipinski definition) is 3. The van der Waals surface area contributed by atoms with Crippen molar-refractivity contribution < 1.29 is 18.0 Å². The number of nitrogens with zero attached hydrogens (tertiary/aromatic N) is 2. The molecule has 10 heteroatoms. The fraction of sp³-hybridized carbons (Fsp3) is 0.0952. The number of aromatic nitrogens is 3. The van der Waals surface area contributed by atoms with Crippen LogP contribution in [0.3, 0.4) is 0 Å². The summed E-state index contributed by atoms with van der Waals surface area (Å²) in [5.74, 6) is -1.67. The van der Waals surface area contributed by atoms with Gasteiger partial charge in [-0.3, -0.25) is 4.79 Å². The first-order valence-electron chi connectivity index (χ1n) is 8.97. The molecule has 0 spiro atoms. The number of pyridine rings is 1. The van der Waals surface area contributed by atoms with Crippen molar-refractivity contribution in [2.45, 2.75) is 12.2 Å². The zero-order chi connectivity index (χ0) is 22.2. The molecule has 31 heavy (non-hydrogen) atoms. The van der Waals surface area contributed by atoms with Gasteiger partial charge in [-0.15, -0.1) is 0 Å². The first kappa shape index (κ1) is 21.1. The van der Waals surface area contributed by atoms with Crippen LogP contribution in [0.4, 0.5) is 13.2 Å². The molecule has 0 aliphatic rings. The zero-order valence-corrected chi connectivity index (χ0v) is 17.1. The predicted octanol–water partition coefficient (Wildman–Crippen LogP) is 5.80. The van der Waals surface area contributed by atoms with Crippen LogP contribution in [0.15, 0.2) is 60.7 Å². The Morgan fingerprint density at radius 2 is 1.71 bits per heavy atom. The fourth-order valence-corrected chi connectivity index (χ4v) is 3.46. The topological polar surface area (TPSA) is 70.7 Å². The number of carbonyl (C=O) groups excluding carboxylic acids is 1. The molecule has 0 aliphatic heterocycles. The summed E-state index contributed by atoms with van der Waals surface area (Å²) < 4.78 is 39.0. The van der Waals surface area contributed by atoms with Gasteiger partial charge in [-0.25, -0.2) is 9.97 Å². The van der Waals surface area contributed by atoms with Crippen LogP contribution in [0.1, 0.15) is 33.5 Å². The Labute approximate surface area is 184 Å². The number of imidazole rings is 1. The molecule has 0 bridgehead atoms. The molecule has 4 aromatic rings. The van der Waals surface area contributed by atoms with Crippen LogP contribution in [0.5, 0.6) is 0 Å². The number of hydrogen-bond donors (Lipinski definition) is 2. The van der Waals surface area contributed by atoms with Crippen molar-refractivity contribution in [3.8, 4) is 0 Å². The first-order chi connectivity index (χ1) is 14.7. The minimum atomic E-state index is -4.60. The second-order valence-corrected chi connectivity index (χ2v) is 7.44. The number of fused-ring (bicyclic) bond motifs is 1. The number of carbonyl (C=O) groups is 1. The Morgan fingerprint density at radius 3 is 2.42 bits per heavy atom. The van der Waals surface area contributed by atoms with Crippen molar-refractivity contribution in [1.82, 2.24) is 20.3 Å². The number of halogens is 5. The molecule has 2 heterocycles. The maximum atomic E-state index is 13.0. The molecule has 0 fully saturated rings. The number of aromatic amines is 1. The SMILES string of the molecule is O=C(NC(c1ccccc1)c1ccc2nc(C(F)(F)F)[nH]c2c1)c1nc(Cl)ccc1Cl. The molecular formula is C21H13Cl2F3N4O. The highest BCUT2D eigenvalue weighted by Crippen LogP contribution is 2.31. The molecule has 2 aromatic heterocycles. The third kappa shape index (κ3) is 4.50. The van der Waals surface area contributed by atoms with E-state index in [9.17, 15) is 18.0 Å². The second-order valence-electron chi connectivity index (χ2n) is 6.64. The molecule has 0 radical (unpaired) electrons. The minimum absolute atomic E-state index is 0.0583. The highest BCUT2D eigenvalue weighted by atomic mass is 35.5. The Kier molecular flexibility index (Phi) is 5.60. The zero-order valence-electron chi connectivity index (χ0n) is 15.5. The quantitative estimate of drug-likeness (QED) is 0.374. The average molecular weight is 465 g/mol. The van der Waals surface area contributed by atoms with Crippen LogP contribution >= 0.6 is 23.2 Å². The summed E-state index contributed by atoms with van der Waals surface area (Å²) in [6.45, 7) is 0. The summed E-state index contributed by atoms with van der Waals surface area (Å²) in [6.07, 6.45) is -4.60. The van der Waals surface area contributed by atoms with Gasteiger partial charge in [0.2, 0.25) is 5.82 Å². The molecule has 1 amide bonds. The molecule has 1 atom stereocenters. The van der Waals surface area contributed by atoms with E-state index >= 15 is 0 Å². The number of amides is 1. The molecule has 158 valence electrons. The molecule has 0 saturated heterocycles. The Morgan fingerprint density at radius 1 is 0.968 bits per heavy atom. The molecule has 0 saturated carbocycles.